The lowest BCUT2D eigenvalue weighted by molar-refractivity contribution is -0.130. The summed E-state index contributed by atoms with van der Waals surface area (Å²) in [6.07, 6.45) is 1.98. The molecule has 1 heterocycles. The highest BCUT2D eigenvalue weighted by molar-refractivity contribution is 5.84. The van der Waals surface area contributed by atoms with Gasteiger partial charge >= 0.3 is 0 Å². The van der Waals surface area contributed by atoms with Crippen molar-refractivity contribution in [1.29, 1.82) is 0 Å². The molecular weight excluding hydrogens is 260 g/mol. The van der Waals surface area contributed by atoms with Crippen LogP contribution < -0.4 is 5.32 Å². The molecular formula is C18H28N2O. The summed E-state index contributed by atoms with van der Waals surface area (Å²) >= 11 is 0. The molecule has 1 fully saturated rings. The molecule has 2 atom stereocenters. The zero-order chi connectivity index (χ0) is 15.4. The van der Waals surface area contributed by atoms with Crippen molar-refractivity contribution in [2.24, 2.45) is 11.8 Å². The average Bonchev–Trinajstić information content (AvgIpc) is 2.74. The van der Waals surface area contributed by atoms with Gasteiger partial charge in [-0.1, -0.05) is 58.0 Å². The predicted octanol–water partition coefficient (Wildman–Crippen LogP) is 3.58. The van der Waals surface area contributed by atoms with E-state index in [4.69, 9.17) is 0 Å². The Morgan fingerprint density at radius 2 is 1.76 bits per heavy atom. The number of hydrogen-bond donors (Lipinski definition) is 1. The molecule has 1 aliphatic heterocycles. The van der Waals surface area contributed by atoms with Crippen LogP contribution in [-0.4, -0.2) is 23.4 Å². The Morgan fingerprint density at radius 1 is 1.10 bits per heavy atom. The first-order valence-electron chi connectivity index (χ1n) is 8.10. The molecule has 1 aromatic carbocycles. The topological polar surface area (TPSA) is 32.3 Å². The normalized spacial score (nSPS) is 22.6. The second-order valence-electron chi connectivity index (χ2n) is 6.88. The van der Waals surface area contributed by atoms with E-state index in [9.17, 15) is 4.79 Å². The molecule has 0 spiro atoms. The monoisotopic (exact) mass is 288 g/mol. The van der Waals surface area contributed by atoms with Crippen molar-refractivity contribution < 1.29 is 4.79 Å². The van der Waals surface area contributed by atoms with Gasteiger partial charge in [-0.2, -0.15) is 0 Å². The number of amides is 1. The lowest BCUT2D eigenvalue weighted by atomic mass is 10.0. The lowest BCUT2D eigenvalue weighted by Gasteiger charge is -2.25. The first kappa shape index (κ1) is 16.0. The van der Waals surface area contributed by atoms with Gasteiger partial charge in [-0.05, 0) is 30.2 Å². The molecule has 2 rings (SSSR count). The molecule has 1 saturated heterocycles. The van der Waals surface area contributed by atoms with E-state index in [-0.39, 0.29) is 18.1 Å². The van der Waals surface area contributed by atoms with Crippen molar-refractivity contribution in [1.82, 2.24) is 10.2 Å². The van der Waals surface area contributed by atoms with E-state index >= 15 is 0 Å². The van der Waals surface area contributed by atoms with Crippen LogP contribution in [0.25, 0.3) is 0 Å². The number of rotatable bonds is 6. The van der Waals surface area contributed by atoms with Crippen LogP contribution in [0.1, 0.15) is 52.3 Å². The third-order valence-electron chi connectivity index (χ3n) is 4.02. The molecule has 2 unspecified atom stereocenters. The number of nitrogens with one attached hydrogen (secondary N) is 1. The Hall–Kier alpha value is -1.35. The Balaban J connectivity index is 2.17. The minimum Gasteiger partial charge on any atom is -0.322 e. The maximum Gasteiger partial charge on any atom is 0.241 e. The Morgan fingerprint density at radius 3 is 2.33 bits per heavy atom. The van der Waals surface area contributed by atoms with Gasteiger partial charge in [0.25, 0.3) is 0 Å². The number of carbonyl (C=O) groups excluding carboxylic acids is 1. The summed E-state index contributed by atoms with van der Waals surface area (Å²) < 4.78 is 0. The largest absolute Gasteiger partial charge is 0.322 e. The minimum absolute atomic E-state index is 0.0289. The molecule has 1 aromatic rings. The lowest BCUT2D eigenvalue weighted by Crippen LogP contribution is -2.33. The van der Waals surface area contributed by atoms with Crippen LogP contribution in [0.15, 0.2) is 30.3 Å². The van der Waals surface area contributed by atoms with Crippen molar-refractivity contribution >= 4 is 5.91 Å². The molecule has 116 valence electrons. The average molecular weight is 288 g/mol. The summed E-state index contributed by atoms with van der Waals surface area (Å²) in [5.41, 5.74) is 1.18. The van der Waals surface area contributed by atoms with Crippen molar-refractivity contribution in [2.75, 3.05) is 6.54 Å². The molecule has 0 saturated carbocycles. The van der Waals surface area contributed by atoms with Gasteiger partial charge in [0.2, 0.25) is 5.91 Å². The summed E-state index contributed by atoms with van der Waals surface area (Å²) in [4.78, 5) is 14.7. The molecule has 3 nitrogen and oxygen atoms in total. The molecule has 1 aliphatic rings. The first-order chi connectivity index (χ1) is 9.99. The summed E-state index contributed by atoms with van der Waals surface area (Å²) in [7, 11) is 0. The standard InChI is InChI=1S/C18H28N2O/c1-13(2)10-11-20-17(15-8-6-5-7-9-15)19-16(18(20)21)12-14(3)4/h5-9,13-14,16-17,19H,10-12H2,1-4H3. The fourth-order valence-electron chi connectivity index (χ4n) is 2.87. The highest BCUT2D eigenvalue weighted by Gasteiger charge is 2.39. The van der Waals surface area contributed by atoms with E-state index in [2.05, 4.69) is 45.1 Å². The van der Waals surface area contributed by atoms with Crippen LogP contribution in [0.3, 0.4) is 0 Å². The number of nitrogens with zero attached hydrogens (tertiary/aromatic N) is 1. The van der Waals surface area contributed by atoms with Gasteiger partial charge in [-0.15, -0.1) is 0 Å². The molecule has 3 heteroatoms. The van der Waals surface area contributed by atoms with Crippen LogP contribution in [0.4, 0.5) is 0 Å². The first-order valence-corrected chi connectivity index (χ1v) is 8.10. The fraction of sp³-hybridized carbons (Fsp3) is 0.611. The van der Waals surface area contributed by atoms with Crippen LogP contribution in [0.2, 0.25) is 0 Å². The SMILES string of the molecule is CC(C)CCN1C(=O)C(CC(C)C)NC1c1ccccc1. The maximum atomic E-state index is 12.7. The smallest absolute Gasteiger partial charge is 0.241 e. The van der Waals surface area contributed by atoms with E-state index in [0.29, 0.717) is 11.8 Å². The number of carbonyl (C=O) groups is 1. The molecule has 0 aliphatic carbocycles. The summed E-state index contributed by atoms with van der Waals surface area (Å²) in [5.74, 6) is 1.39. The van der Waals surface area contributed by atoms with Crippen LogP contribution in [-0.2, 0) is 4.79 Å². The van der Waals surface area contributed by atoms with E-state index in [1.807, 2.05) is 23.1 Å². The van der Waals surface area contributed by atoms with Gasteiger partial charge in [0.15, 0.2) is 0 Å². The zero-order valence-corrected chi connectivity index (χ0v) is 13.7. The Kier molecular flexibility index (Phi) is 5.40. The minimum atomic E-state index is -0.0395. The van der Waals surface area contributed by atoms with Gasteiger partial charge in [0.05, 0.1) is 6.04 Å². The maximum absolute atomic E-state index is 12.7. The van der Waals surface area contributed by atoms with Crippen LogP contribution in [0, 0.1) is 11.8 Å². The van der Waals surface area contributed by atoms with E-state index in [1.54, 1.807) is 0 Å². The third-order valence-corrected chi connectivity index (χ3v) is 4.02. The van der Waals surface area contributed by atoms with Gasteiger partial charge in [0, 0.05) is 6.54 Å². The van der Waals surface area contributed by atoms with Crippen molar-refractivity contribution in [2.45, 2.75) is 52.7 Å². The molecule has 0 bridgehead atoms. The zero-order valence-electron chi connectivity index (χ0n) is 13.7. The van der Waals surface area contributed by atoms with Gasteiger partial charge in [-0.25, -0.2) is 0 Å². The van der Waals surface area contributed by atoms with Gasteiger partial charge < -0.3 is 4.90 Å². The quantitative estimate of drug-likeness (QED) is 0.868. The van der Waals surface area contributed by atoms with Crippen LogP contribution in [0.5, 0.6) is 0 Å². The van der Waals surface area contributed by atoms with E-state index in [1.165, 1.54) is 5.56 Å². The highest BCUT2D eigenvalue weighted by atomic mass is 16.2. The molecule has 1 amide bonds. The summed E-state index contributed by atoms with van der Waals surface area (Å²) in [6, 6.07) is 10.3. The second-order valence-corrected chi connectivity index (χ2v) is 6.88. The number of hydrogen-bond acceptors (Lipinski definition) is 2. The van der Waals surface area contributed by atoms with E-state index < -0.39 is 0 Å². The molecule has 1 N–H and O–H groups in total. The van der Waals surface area contributed by atoms with Gasteiger partial charge in [-0.3, -0.25) is 10.1 Å². The fourth-order valence-corrected chi connectivity index (χ4v) is 2.87. The van der Waals surface area contributed by atoms with Crippen LogP contribution >= 0.6 is 0 Å². The van der Waals surface area contributed by atoms with Crippen molar-refractivity contribution in [3.63, 3.8) is 0 Å². The Labute approximate surface area is 128 Å². The van der Waals surface area contributed by atoms with E-state index in [0.717, 1.165) is 19.4 Å². The highest BCUT2D eigenvalue weighted by Crippen LogP contribution is 2.28. The van der Waals surface area contributed by atoms with Gasteiger partial charge in [0.1, 0.15) is 6.17 Å². The molecule has 0 aromatic heterocycles. The third kappa shape index (κ3) is 4.07. The predicted molar refractivity (Wildman–Crippen MR) is 86.7 cm³/mol. The molecule has 21 heavy (non-hydrogen) atoms. The Bertz CT molecular complexity index is 456. The van der Waals surface area contributed by atoms with Crippen molar-refractivity contribution in [3.8, 4) is 0 Å². The second kappa shape index (κ2) is 7.08. The summed E-state index contributed by atoms with van der Waals surface area (Å²) in [6.45, 7) is 9.58. The van der Waals surface area contributed by atoms with Crippen molar-refractivity contribution in [3.05, 3.63) is 35.9 Å². The molecule has 0 radical (unpaired) electrons. The number of benzene rings is 1. The summed E-state index contributed by atoms with van der Waals surface area (Å²) in [5, 5.41) is 3.54.